The number of esters is 2. The normalized spacial score (nSPS) is 16.1. The number of hydrogen-bond donors (Lipinski definition) is 2. The molecule has 35 heavy (non-hydrogen) atoms. The first-order valence-corrected chi connectivity index (χ1v) is 11.0. The van der Waals surface area contributed by atoms with E-state index in [0.29, 0.717) is 17.5 Å². The first-order chi connectivity index (χ1) is 16.4. The molecule has 2 aromatic carbocycles. The number of allylic oxidation sites excluding steroid dienone is 1. The van der Waals surface area contributed by atoms with E-state index >= 15 is 0 Å². The molecule has 2 aliphatic carbocycles. The van der Waals surface area contributed by atoms with Crippen LogP contribution in [0.15, 0.2) is 23.8 Å². The first kappa shape index (κ1) is 24.0. The van der Waals surface area contributed by atoms with Crippen molar-refractivity contribution >= 4 is 35.0 Å². The lowest BCUT2D eigenvalue weighted by atomic mass is 9.70. The smallest absolute Gasteiger partial charge is 0.308 e. The van der Waals surface area contributed by atoms with Crippen LogP contribution in [-0.2, 0) is 27.2 Å². The summed E-state index contributed by atoms with van der Waals surface area (Å²) in [5.41, 5.74) is 1.95. The lowest BCUT2D eigenvalue weighted by Gasteiger charge is -2.35. The highest BCUT2D eigenvalue weighted by molar-refractivity contribution is 6.18. The van der Waals surface area contributed by atoms with Gasteiger partial charge in [-0.15, -0.1) is 0 Å². The van der Waals surface area contributed by atoms with Crippen LogP contribution in [0.25, 0.3) is 5.76 Å². The largest absolute Gasteiger partial charge is 0.507 e. The molecule has 0 aromatic heterocycles. The van der Waals surface area contributed by atoms with Crippen LogP contribution in [0.4, 0.5) is 5.69 Å². The van der Waals surface area contributed by atoms with Gasteiger partial charge in [0.15, 0.2) is 17.3 Å². The fourth-order valence-corrected chi connectivity index (χ4v) is 4.98. The van der Waals surface area contributed by atoms with Gasteiger partial charge in [0.05, 0.1) is 11.1 Å². The molecule has 2 aliphatic rings. The van der Waals surface area contributed by atoms with Crippen LogP contribution < -0.4 is 9.64 Å². The Balaban J connectivity index is 2.08. The van der Waals surface area contributed by atoms with Crippen molar-refractivity contribution in [1.29, 1.82) is 0 Å². The van der Waals surface area contributed by atoms with Crippen molar-refractivity contribution in [2.45, 2.75) is 33.6 Å². The molecule has 0 fully saturated rings. The SMILES string of the molecule is CC(=O)OC1=C2C(=O)c3c(O)ccc(N(C)C)c3C[C@H]2Cc2cc(O)c(C(C)=O)c(OC(C)=O)c21. The monoisotopic (exact) mass is 479 g/mol. The third-order valence-electron chi connectivity index (χ3n) is 6.20. The van der Waals surface area contributed by atoms with E-state index in [4.69, 9.17) is 9.47 Å². The quantitative estimate of drug-likeness (QED) is 0.386. The lowest BCUT2D eigenvalue weighted by molar-refractivity contribution is -0.134. The van der Waals surface area contributed by atoms with Crippen LogP contribution in [-0.4, -0.2) is 47.8 Å². The van der Waals surface area contributed by atoms with Crippen molar-refractivity contribution in [1.82, 2.24) is 0 Å². The number of hydrogen-bond acceptors (Lipinski definition) is 9. The number of ketones is 2. The molecule has 182 valence electrons. The van der Waals surface area contributed by atoms with Gasteiger partial charge >= 0.3 is 11.9 Å². The third-order valence-corrected chi connectivity index (χ3v) is 6.20. The highest BCUT2D eigenvalue weighted by atomic mass is 16.5. The van der Waals surface area contributed by atoms with Gasteiger partial charge in [-0.2, -0.15) is 0 Å². The number of carbonyl (C=O) groups is 4. The molecule has 1 atom stereocenters. The van der Waals surface area contributed by atoms with Crippen molar-refractivity contribution in [2.75, 3.05) is 19.0 Å². The van der Waals surface area contributed by atoms with Crippen LogP contribution in [0, 0.1) is 5.92 Å². The summed E-state index contributed by atoms with van der Waals surface area (Å²) in [4.78, 5) is 52.1. The highest BCUT2D eigenvalue weighted by Gasteiger charge is 2.43. The van der Waals surface area contributed by atoms with E-state index in [1.807, 2.05) is 19.0 Å². The number of fused-ring (bicyclic) bond motifs is 3. The number of nitrogens with zero attached hydrogens (tertiary/aromatic N) is 1. The number of rotatable bonds is 4. The van der Waals surface area contributed by atoms with Gasteiger partial charge in [-0.1, -0.05) is 0 Å². The summed E-state index contributed by atoms with van der Waals surface area (Å²) in [5.74, 6) is -4.05. The summed E-state index contributed by atoms with van der Waals surface area (Å²) < 4.78 is 10.9. The van der Waals surface area contributed by atoms with Crippen LogP contribution in [0.2, 0.25) is 0 Å². The molecule has 0 bridgehead atoms. The van der Waals surface area contributed by atoms with E-state index in [9.17, 15) is 29.4 Å². The van der Waals surface area contributed by atoms with E-state index < -0.39 is 29.4 Å². The van der Waals surface area contributed by atoms with Gasteiger partial charge in [-0.3, -0.25) is 19.2 Å². The summed E-state index contributed by atoms with van der Waals surface area (Å²) in [5, 5.41) is 21.2. The zero-order valence-electron chi connectivity index (χ0n) is 20.0. The van der Waals surface area contributed by atoms with E-state index in [1.165, 1.54) is 19.1 Å². The van der Waals surface area contributed by atoms with Crippen molar-refractivity contribution in [2.24, 2.45) is 5.92 Å². The molecular formula is C26H25NO8. The molecule has 0 spiro atoms. The summed E-state index contributed by atoms with van der Waals surface area (Å²) in [6, 6.07) is 4.53. The minimum absolute atomic E-state index is 0.0877. The van der Waals surface area contributed by atoms with E-state index in [-0.39, 0.29) is 51.7 Å². The van der Waals surface area contributed by atoms with Gasteiger partial charge in [0.1, 0.15) is 22.8 Å². The van der Waals surface area contributed by atoms with Gasteiger partial charge < -0.3 is 24.6 Å². The molecule has 0 unspecified atom stereocenters. The predicted octanol–water partition coefficient (Wildman–Crippen LogP) is 3.18. The van der Waals surface area contributed by atoms with Crippen LogP contribution in [0.5, 0.6) is 17.2 Å². The zero-order chi connectivity index (χ0) is 25.8. The van der Waals surface area contributed by atoms with E-state index in [0.717, 1.165) is 19.5 Å². The maximum Gasteiger partial charge on any atom is 0.308 e. The van der Waals surface area contributed by atoms with Gasteiger partial charge in [-0.25, -0.2) is 0 Å². The summed E-state index contributed by atoms with van der Waals surface area (Å²) >= 11 is 0. The summed E-state index contributed by atoms with van der Waals surface area (Å²) in [6.07, 6.45) is 0.587. The van der Waals surface area contributed by atoms with Gasteiger partial charge in [0.2, 0.25) is 0 Å². The molecule has 0 amide bonds. The topological polar surface area (TPSA) is 130 Å². The Labute approximate surface area is 201 Å². The number of aromatic hydroxyl groups is 2. The van der Waals surface area contributed by atoms with Gasteiger partial charge in [-0.05, 0) is 55.0 Å². The standard InChI is InChI=1S/C26H25NO8/c1-11(28)20-19(32)10-15-8-14-9-16-17(27(4)5)6-7-18(31)23(16)24(33)21(14)26(35-13(3)30)22(15)25(20)34-12(2)29/h6-7,10,14,31-32H,8-9H2,1-5H3/t14-/m1/s1. The van der Waals surface area contributed by atoms with Crippen LogP contribution in [0.1, 0.15) is 58.2 Å². The summed E-state index contributed by atoms with van der Waals surface area (Å²) in [7, 11) is 3.66. The molecule has 0 heterocycles. The number of benzene rings is 2. The molecule has 9 nitrogen and oxygen atoms in total. The van der Waals surface area contributed by atoms with Crippen molar-refractivity contribution in [3.05, 3.63) is 51.6 Å². The number of phenols is 2. The Morgan fingerprint density at radius 2 is 1.60 bits per heavy atom. The second-order valence-corrected chi connectivity index (χ2v) is 8.91. The fraction of sp³-hybridized carbons (Fsp3) is 0.308. The molecule has 0 saturated heterocycles. The minimum atomic E-state index is -0.761. The second kappa shape index (κ2) is 8.57. The highest BCUT2D eigenvalue weighted by Crippen LogP contribution is 2.50. The second-order valence-electron chi connectivity index (χ2n) is 8.91. The van der Waals surface area contributed by atoms with Crippen LogP contribution in [0.3, 0.4) is 0 Å². The average Bonchev–Trinajstić information content (AvgIpc) is 2.71. The number of Topliss-reactive ketones (excluding diaryl/α,β-unsaturated/α-hetero) is 2. The van der Waals surface area contributed by atoms with Gasteiger partial charge in [0, 0.05) is 39.2 Å². The Kier molecular flexibility index (Phi) is 5.88. The maximum absolute atomic E-state index is 13.8. The molecule has 4 rings (SSSR count). The molecular weight excluding hydrogens is 454 g/mol. The number of ether oxygens (including phenoxy) is 2. The third kappa shape index (κ3) is 3.92. The predicted molar refractivity (Wildman–Crippen MR) is 126 cm³/mol. The van der Waals surface area contributed by atoms with Gasteiger partial charge in [0.25, 0.3) is 0 Å². The number of carbonyl (C=O) groups excluding carboxylic acids is 4. The minimum Gasteiger partial charge on any atom is -0.507 e. The van der Waals surface area contributed by atoms with Crippen LogP contribution >= 0.6 is 0 Å². The Hall–Kier alpha value is -4.14. The van der Waals surface area contributed by atoms with Crippen molar-refractivity contribution in [3.8, 4) is 17.2 Å². The molecule has 0 aliphatic heterocycles. The fourth-order valence-electron chi connectivity index (χ4n) is 4.98. The molecule has 0 saturated carbocycles. The molecule has 0 radical (unpaired) electrons. The first-order valence-electron chi connectivity index (χ1n) is 11.0. The molecule has 2 N–H and O–H groups in total. The maximum atomic E-state index is 13.8. The number of anilines is 1. The van der Waals surface area contributed by atoms with Crippen molar-refractivity contribution < 1.29 is 38.9 Å². The Bertz CT molecular complexity index is 1350. The van der Waals surface area contributed by atoms with E-state index in [2.05, 4.69) is 0 Å². The Morgan fingerprint density at radius 3 is 2.17 bits per heavy atom. The average molecular weight is 479 g/mol. The molecule has 2 aromatic rings. The zero-order valence-corrected chi connectivity index (χ0v) is 20.0. The Morgan fingerprint density at radius 1 is 0.943 bits per heavy atom. The van der Waals surface area contributed by atoms with Crippen molar-refractivity contribution in [3.63, 3.8) is 0 Å². The molecule has 9 heteroatoms. The number of phenolic OH excluding ortho intramolecular Hbond substituents is 2. The van der Waals surface area contributed by atoms with E-state index in [1.54, 1.807) is 6.07 Å². The summed E-state index contributed by atoms with van der Waals surface area (Å²) in [6.45, 7) is 3.49. The lowest BCUT2D eigenvalue weighted by Crippen LogP contribution is -2.32.